The molecule has 1 heterocycles. The highest BCUT2D eigenvalue weighted by Crippen LogP contribution is 2.63. The van der Waals surface area contributed by atoms with Crippen molar-refractivity contribution in [2.24, 2.45) is 0 Å². The molecule has 10 heteroatoms. The van der Waals surface area contributed by atoms with Gasteiger partial charge in [-0.25, -0.2) is 4.79 Å². The first-order valence-corrected chi connectivity index (χ1v) is 8.52. The number of aromatic carboxylic acids is 1. The molecule has 0 aliphatic heterocycles. The summed E-state index contributed by atoms with van der Waals surface area (Å²) in [6.07, 6.45) is 0. The summed E-state index contributed by atoms with van der Waals surface area (Å²) in [6, 6.07) is 3.60. The molecule has 0 saturated heterocycles. The molecule has 0 radical (unpaired) electrons. The lowest BCUT2D eigenvalue weighted by atomic mass is 10.2. The summed E-state index contributed by atoms with van der Waals surface area (Å²) in [4.78, 5) is 20.1. The molecule has 0 spiro atoms. The SMILES string of the molecule is COP(=O)(O)C(F)(F)c1cc2sc(C(=O)O)cc2cc1Br. The van der Waals surface area contributed by atoms with Crippen LogP contribution in [0.2, 0.25) is 0 Å². The third-order valence-corrected chi connectivity index (χ3v) is 5.93. The van der Waals surface area contributed by atoms with Gasteiger partial charge >= 0.3 is 19.2 Å². The molecule has 1 aromatic heterocycles. The van der Waals surface area contributed by atoms with Crippen molar-refractivity contribution in [3.8, 4) is 0 Å². The first-order chi connectivity index (χ1) is 9.60. The summed E-state index contributed by atoms with van der Waals surface area (Å²) in [5.41, 5.74) is -4.86. The van der Waals surface area contributed by atoms with Crippen LogP contribution >= 0.6 is 34.9 Å². The van der Waals surface area contributed by atoms with E-state index < -0.39 is 24.8 Å². The molecule has 0 aliphatic carbocycles. The number of halogens is 3. The van der Waals surface area contributed by atoms with Crippen molar-refractivity contribution in [2.45, 2.75) is 5.66 Å². The molecule has 114 valence electrons. The van der Waals surface area contributed by atoms with Crippen LogP contribution in [0.15, 0.2) is 22.7 Å². The fourth-order valence-electron chi connectivity index (χ4n) is 1.66. The van der Waals surface area contributed by atoms with E-state index in [-0.39, 0.29) is 14.0 Å². The first kappa shape index (κ1) is 16.5. The predicted molar refractivity (Wildman–Crippen MR) is 77.2 cm³/mol. The number of hydrogen-bond acceptors (Lipinski definition) is 4. The van der Waals surface area contributed by atoms with Crippen LogP contribution in [0.1, 0.15) is 15.2 Å². The number of alkyl halides is 2. The van der Waals surface area contributed by atoms with E-state index in [1.165, 1.54) is 12.1 Å². The zero-order chi connectivity index (χ0) is 16.0. The molecular weight excluding hydrogens is 393 g/mol. The third-order valence-electron chi connectivity index (χ3n) is 2.74. The highest BCUT2D eigenvalue weighted by atomic mass is 79.9. The van der Waals surface area contributed by atoms with Gasteiger partial charge in [-0.2, -0.15) is 8.78 Å². The molecule has 2 N–H and O–H groups in total. The van der Waals surface area contributed by atoms with Crippen LogP contribution in [-0.4, -0.2) is 23.1 Å². The normalized spacial score (nSPS) is 15.1. The number of hydrogen-bond donors (Lipinski definition) is 2. The second kappa shape index (κ2) is 5.40. The Morgan fingerprint density at radius 1 is 1.43 bits per heavy atom. The van der Waals surface area contributed by atoms with Crippen molar-refractivity contribution in [1.82, 2.24) is 0 Å². The summed E-state index contributed by atoms with van der Waals surface area (Å²) in [5, 5.41) is 9.34. The van der Waals surface area contributed by atoms with Crippen LogP contribution in [0.5, 0.6) is 0 Å². The number of fused-ring (bicyclic) bond motifs is 1. The second-order valence-electron chi connectivity index (χ2n) is 4.03. The van der Waals surface area contributed by atoms with Gasteiger partial charge in [0.1, 0.15) is 4.88 Å². The van der Waals surface area contributed by atoms with Crippen molar-refractivity contribution in [1.29, 1.82) is 0 Å². The number of carboxylic acids is 1. The van der Waals surface area contributed by atoms with Gasteiger partial charge in [0, 0.05) is 21.8 Å². The van der Waals surface area contributed by atoms with Gasteiger partial charge in [-0.15, -0.1) is 11.3 Å². The zero-order valence-corrected chi connectivity index (χ0v) is 13.6. The smallest absolute Gasteiger partial charge is 0.401 e. The molecule has 0 bridgehead atoms. The lowest BCUT2D eigenvalue weighted by Gasteiger charge is -2.21. The third kappa shape index (κ3) is 2.76. The van der Waals surface area contributed by atoms with Gasteiger partial charge in [0.2, 0.25) is 0 Å². The van der Waals surface area contributed by atoms with Crippen LogP contribution in [-0.2, 0) is 14.8 Å². The van der Waals surface area contributed by atoms with Crippen LogP contribution in [0.4, 0.5) is 8.78 Å². The molecular formula is C11H8BrF2O5PS. The van der Waals surface area contributed by atoms with E-state index in [4.69, 9.17) is 5.11 Å². The maximum atomic E-state index is 14.1. The Morgan fingerprint density at radius 2 is 2.05 bits per heavy atom. The average molecular weight is 401 g/mol. The van der Waals surface area contributed by atoms with Gasteiger partial charge in [-0.3, -0.25) is 4.57 Å². The van der Waals surface area contributed by atoms with Crippen LogP contribution in [0.25, 0.3) is 10.1 Å². The quantitative estimate of drug-likeness (QED) is 0.749. The Balaban J connectivity index is 2.67. The van der Waals surface area contributed by atoms with E-state index in [0.29, 0.717) is 5.39 Å². The van der Waals surface area contributed by atoms with Crippen molar-refractivity contribution in [3.05, 3.63) is 33.1 Å². The van der Waals surface area contributed by atoms with E-state index in [9.17, 15) is 23.0 Å². The Hall–Kier alpha value is -0.860. The summed E-state index contributed by atoms with van der Waals surface area (Å²) in [5.74, 6) is -1.18. The lowest BCUT2D eigenvalue weighted by Crippen LogP contribution is -2.15. The van der Waals surface area contributed by atoms with E-state index in [2.05, 4.69) is 20.5 Å². The largest absolute Gasteiger partial charge is 0.477 e. The summed E-state index contributed by atoms with van der Waals surface area (Å²) >= 11 is 3.71. The minimum atomic E-state index is -5.19. The molecule has 2 rings (SSSR count). The minimum Gasteiger partial charge on any atom is -0.477 e. The minimum absolute atomic E-state index is 0.0173. The number of benzene rings is 1. The van der Waals surface area contributed by atoms with Gasteiger partial charge in [0.25, 0.3) is 0 Å². The molecule has 1 atom stereocenters. The van der Waals surface area contributed by atoms with E-state index in [0.717, 1.165) is 24.5 Å². The van der Waals surface area contributed by atoms with E-state index in [1.807, 2.05) is 0 Å². The summed E-state index contributed by atoms with van der Waals surface area (Å²) in [6.45, 7) is 0. The Kier molecular flexibility index (Phi) is 4.25. The van der Waals surface area contributed by atoms with E-state index >= 15 is 0 Å². The molecule has 1 aromatic carbocycles. The maximum Gasteiger partial charge on any atom is 0.401 e. The van der Waals surface area contributed by atoms with Crippen LogP contribution in [0.3, 0.4) is 0 Å². The predicted octanol–water partition coefficient (Wildman–Crippen LogP) is 4.24. The molecule has 0 aliphatic rings. The Morgan fingerprint density at radius 3 is 2.57 bits per heavy atom. The number of carbonyl (C=O) groups is 1. The average Bonchev–Trinajstić information content (AvgIpc) is 2.80. The summed E-state index contributed by atoms with van der Waals surface area (Å²) in [7, 11) is -4.47. The van der Waals surface area contributed by atoms with Crippen molar-refractivity contribution >= 4 is 50.9 Å². The van der Waals surface area contributed by atoms with E-state index in [1.54, 1.807) is 0 Å². The number of thiophene rings is 1. The number of rotatable bonds is 4. The monoisotopic (exact) mass is 400 g/mol. The van der Waals surface area contributed by atoms with Gasteiger partial charge < -0.3 is 14.5 Å². The van der Waals surface area contributed by atoms with Gasteiger partial charge in [0.15, 0.2) is 0 Å². The molecule has 1 unspecified atom stereocenters. The molecule has 0 amide bonds. The van der Waals surface area contributed by atoms with Crippen LogP contribution in [0, 0.1) is 0 Å². The molecule has 0 saturated carbocycles. The highest BCUT2D eigenvalue weighted by Gasteiger charge is 2.53. The Labute approximate surface area is 129 Å². The molecule has 0 fully saturated rings. The second-order valence-corrected chi connectivity index (χ2v) is 7.94. The van der Waals surface area contributed by atoms with Crippen molar-refractivity contribution < 1.29 is 32.7 Å². The summed E-state index contributed by atoms with van der Waals surface area (Å²) < 4.78 is 43.9. The van der Waals surface area contributed by atoms with Gasteiger partial charge in [0.05, 0.1) is 0 Å². The molecule has 2 aromatic rings. The first-order valence-electron chi connectivity index (χ1n) is 5.33. The highest BCUT2D eigenvalue weighted by molar-refractivity contribution is 9.10. The standard InChI is InChI=1S/C11H8BrF2O5PS/c1-19-20(17,18)11(13,14)6-4-8-5(2-7(6)12)3-9(21-8)10(15)16/h2-4H,1H3,(H,15,16)(H,17,18). The number of carboxylic acid groups (broad SMARTS) is 1. The van der Waals surface area contributed by atoms with Crippen molar-refractivity contribution in [3.63, 3.8) is 0 Å². The lowest BCUT2D eigenvalue weighted by molar-refractivity contribution is 0.0505. The van der Waals surface area contributed by atoms with Gasteiger partial charge in [-0.1, -0.05) is 15.9 Å². The Bertz CT molecular complexity index is 775. The van der Waals surface area contributed by atoms with Crippen molar-refractivity contribution in [2.75, 3.05) is 7.11 Å². The van der Waals surface area contributed by atoms with Crippen LogP contribution < -0.4 is 0 Å². The fourth-order valence-corrected chi connectivity index (χ4v) is 4.07. The molecule has 5 nitrogen and oxygen atoms in total. The molecule has 21 heavy (non-hydrogen) atoms. The fraction of sp³-hybridized carbons (Fsp3) is 0.182. The topological polar surface area (TPSA) is 83.8 Å². The zero-order valence-electron chi connectivity index (χ0n) is 10.3. The maximum absolute atomic E-state index is 14.1. The van der Waals surface area contributed by atoms with Gasteiger partial charge in [-0.05, 0) is 23.6 Å².